The van der Waals surface area contributed by atoms with Crippen molar-refractivity contribution in [1.29, 1.82) is 0 Å². The van der Waals surface area contributed by atoms with Crippen LogP contribution in [-0.4, -0.2) is 27.6 Å². The standard InChI is InChI=1S/C17H18N4O3S/c1-10-12(11(2)24-21-10)5-3-7-18-16(22)13-9-19-15(20-17(13)23)14-6-4-8-25-14/h4,6,8-9H,3,5,7H2,1-2H3,(H,18,22)(H,19,20,23). The predicted octanol–water partition coefficient (Wildman–Crippen LogP) is 2.47. The van der Waals surface area contributed by atoms with E-state index in [-0.39, 0.29) is 5.56 Å². The minimum Gasteiger partial charge on any atom is -0.361 e. The normalized spacial score (nSPS) is 10.8. The van der Waals surface area contributed by atoms with Crippen molar-refractivity contribution in [2.45, 2.75) is 26.7 Å². The fraction of sp³-hybridized carbons (Fsp3) is 0.294. The van der Waals surface area contributed by atoms with Crippen molar-refractivity contribution < 1.29 is 9.32 Å². The summed E-state index contributed by atoms with van der Waals surface area (Å²) in [7, 11) is 0. The molecule has 3 rings (SSSR count). The summed E-state index contributed by atoms with van der Waals surface area (Å²) in [6.07, 6.45) is 2.80. The largest absolute Gasteiger partial charge is 0.361 e. The van der Waals surface area contributed by atoms with E-state index in [2.05, 4.69) is 20.4 Å². The summed E-state index contributed by atoms with van der Waals surface area (Å²) in [5.41, 5.74) is 1.50. The molecule has 3 aromatic heterocycles. The lowest BCUT2D eigenvalue weighted by Crippen LogP contribution is -2.31. The molecule has 2 N–H and O–H groups in total. The van der Waals surface area contributed by atoms with Crippen molar-refractivity contribution in [3.05, 3.63) is 56.6 Å². The number of H-pyrrole nitrogens is 1. The smallest absolute Gasteiger partial charge is 0.264 e. The average Bonchev–Trinajstić information content (AvgIpc) is 3.23. The van der Waals surface area contributed by atoms with E-state index in [0.29, 0.717) is 12.4 Å². The number of amides is 1. The van der Waals surface area contributed by atoms with Crippen molar-refractivity contribution in [2.24, 2.45) is 0 Å². The minimum absolute atomic E-state index is 0.0117. The van der Waals surface area contributed by atoms with Gasteiger partial charge in [-0.2, -0.15) is 0 Å². The molecule has 0 fully saturated rings. The molecule has 0 unspecified atom stereocenters. The zero-order valence-electron chi connectivity index (χ0n) is 14.0. The first-order chi connectivity index (χ1) is 12.1. The van der Waals surface area contributed by atoms with Crippen molar-refractivity contribution in [3.63, 3.8) is 0 Å². The maximum absolute atomic E-state index is 12.2. The first-order valence-electron chi connectivity index (χ1n) is 7.89. The lowest BCUT2D eigenvalue weighted by atomic mass is 10.1. The fourth-order valence-electron chi connectivity index (χ4n) is 2.52. The molecule has 0 spiro atoms. The van der Waals surface area contributed by atoms with Crippen LogP contribution in [-0.2, 0) is 6.42 Å². The number of hydrogen-bond donors (Lipinski definition) is 2. The topological polar surface area (TPSA) is 101 Å². The highest BCUT2D eigenvalue weighted by Gasteiger charge is 2.13. The zero-order chi connectivity index (χ0) is 17.8. The van der Waals surface area contributed by atoms with Crippen LogP contribution in [0, 0.1) is 13.8 Å². The highest BCUT2D eigenvalue weighted by atomic mass is 32.1. The predicted molar refractivity (Wildman–Crippen MR) is 94.8 cm³/mol. The van der Waals surface area contributed by atoms with E-state index in [1.54, 1.807) is 0 Å². The summed E-state index contributed by atoms with van der Waals surface area (Å²) >= 11 is 1.47. The van der Waals surface area contributed by atoms with E-state index in [9.17, 15) is 9.59 Å². The Morgan fingerprint density at radius 2 is 2.24 bits per heavy atom. The third kappa shape index (κ3) is 3.85. The number of rotatable bonds is 6. The molecule has 3 aromatic rings. The Hall–Kier alpha value is -2.74. The molecule has 130 valence electrons. The Bertz CT molecular complexity index is 908. The van der Waals surface area contributed by atoms with E-state index in [1.807, 2.05) is 31.4 Å². The van der Waals surface area contributed by atoms with Crippen molar-refractivity contribution >= 4 is 17.2 Å². The fourth-order valence-corrected chi connectivity index (χ4v) is 3.19. The molecule has 0 aliphatic heterocycles. The van der Waals surface area contributed by atoms with Gasteiger partial charge in [0.2, 0.25) is 0 Å². The van der Waals surface area contributed by atoms with Crippen LogP contribution in [0.2, 0.25) is 0 Å². The molecular weight excluding hydrogens is 340 g/mol. The highest BCUT2D eigenvalue weighted by Crippen LogP contribution is 2.19. The average molecular weight is 358 g/mol. The van der Waals surface area contributed by atoms with E-state index in [4.69, 9.17) is 4.52 Å². The van der Waals surface area contributed by atoms with Crippen LogP contribution < -0.4 is 10.9 Å². The Kier molecular flexibility index (Phi) is 5.08. The summed E-state index contributed by atoms with van der Waals surface area (Å²) in [6.45, 7) is 4.22. The van der Waals surface area contributed by atoms with Crippen LogP contribution in [0.1, 0.15) is 33.8 Å². The number of hydrogen-bond acceptors (Lipinski definition) is 6. The van der Waals surface area contributed by atoms with Crippen LogP contribution in [0.4, 0.5) is 0 Å². The summed E-state index contributed by atoms with van der Waals surface area (Å²) in [5, 5.41) is 8.55. The van der Waals surface area contributed by atoms with E-state index >= 15 is 0 Å². The summed E-state index contributed by atoms with van der Waals surface area (Å²) in [6, 6.07) is 3.73. The molecule has 0 atom stereocenters. The highest BCUT2D eigenvalue weighted by molar-refractivity contribution is 7.13. The molecule has 0 radical (unpaired) electrons. The maximum atomic E-state index is 12.2. The van der Waals surface area contributed by atoms with E-state index in [0.717, 1.165) is 34.7 Å². The van der Waals surface area contributed by atoms with Crippen molar-refractivity contribution in [3.8, 4) is 10.7 Å². The summed E-state index contributed by atoms with van der Waals surface area (Å²) < 4.78 is 5.11. The second kappa shape index (κ2) is 7.43. The van der Waals surface area contributed by atoms with Gasteiger partial charge in [0.25, 0.3) is 11.5 Å². The quantitative estimate of drug-likeness (QED) is 0.659. The first-order valence-corrected chi connectivity index (χ1v) is 8.77. The van der Waals surface area contributed by atoms with Gasteiger partial charge in [0.15, 0.2) is 0 Å². The van der Waals surface area contributed by atoms with Crippen molar-refractivity contribution in [1.82, 2.24) is 20.4 Å². The third-order valence-electron chi connectivity index (χ3n) is 3.87. The molecule has 25 heavy (non-hydrogen) atoms. The number of carbonyl (C=O) groups is 1. The molecule has 0 aliphatic rings. The van der Waals surface area contributed by atoms with Gasteiger partial charge in [-0.1, -0.05) is 11.2 Å². The Balaban J connectivity index is 1.57. The van der Waals surface area contributed by atoms with Gasteiger partial charge in [0, 0.05) is 18.3 Å². The Labute approximate surface area is 148 Å². The Morgan fingerprint density at radius 1 is 1.40 bits per heavy atom. The molecule has 7 nitrogen and oxygen atoms in total. The number of aromatic nitrogens is 3. The van der Waals surface area contributed by atoms with Crippen LogP contribution in [0.15, 0.2) is 33.0 Å². The SMILES string of the molecule is Cc1noc(C)c1CCCNC(=O)c1cnc(-c2cccs2)[nH]c1=O. The molecule has 0 aliphatic carbocycles. The number of thiophene rings is 1. The third-order valence-corrected chi connectivity index (χ3v) is 4.75. The monoisotopic (exact) mass is 358 g/mol. The van der Waals surface area contributed by atoms with Gasteiger partial charge in [-0.15, -0.1) is 11.3 Å². The van der Waals surface area contributed by atoms with Crippen molar-refractivity contribution in [2.75, 3.05) is 6.54 Å². The molecule has 0 saturated heterocycles. The van der Waals surface area contributed by atoms with Crippen LogP contribution in [0.25, 0.3) is 10.7 Å². The molecule has 8 heteroatoms. The number of carbonyl (C=O) groups excluding carboxylic acids is 1. The van der Waals surface area contributed by atoms with Gasteiger partial charge in [-0.25, -0.2) is 4.98 Å². The molecule has 1 amide bonds. The summed E-state index contributed by atoms with van der Waals surface area (Å²) in [5.74, 6) is 0.842. The zero-order valence-corrected chi connectivity index (χ0v) is 14.8. The lowest BCUT2D eigenvalue weighted by Gasteiger charge is -2.05. The molecule has 0 aromatic carbocycles. The Morgan fingerprint density at radius 3 is 2.88 bits per heavy atom. The maximum Gasteiger partial charge on any atom is 0.264 e. The molecular formula is C17H18N4O3S. The van der Waals surface area contributed by atoms with Gasteiger partial charge in [0.05, 0.1) is 10.6 Å². The second-order valence-corrected chi connectivity index (χ2v) is 6.56. The van der Waals surface area contributed by atoms with Crippen LogP contribution >= 0.6 is 11.3 Å². The number of aryl methyl sites for hydroxylation is 2. The van der Waals surface area contributed by atoms with Gasteiger partial charge in [-0.3, -0.25) is 9.59 Å². The molecule has 0 bridgehead atoms. The van der Waals surface area contributed by atoms with Gasteiger partial charge in [-0.05, 0) is 38.1 Å². The minimum atomic E-state index is -0.443. The second-order valence-electron chi connectivity index (χ2n) is 5.61. The number of aromatic amines is 1. The van der Waals surface area contributed by atoms with Crippen LogP contribution in [0.3, 0.4) is 0 Å². The van der Waals surface area contributed by atoms with Gasteiger partial charge < -0.3 is 14.8 Å². The molecule has 3 heterocycles. The van der Waals surface area contributed by atoms with Gasteiger partial charge in [0.1, 0.15) is 17.1 Å². The number of nitrogens with zero attached hydrogens (tertiary/aromatic N) is 2. The first kappa shape index (κ1) is 17.1. The van der Waals surface area contributed by atoms with E-state index < -0.39 is 11.5 Å². The lowest BCUT2D eigenvalue weighted by molar-refractivity contribution is 0.0951. The summed E-state index contributed by atoms with van der Waals surface area (Å²) in [4.78, 5) is 31.9. The van der Waals surface area contributed by atoms with E-state index in [1.165, 1.54) is 17.5 Å². The molecule has 0 saturated carbocycles. The van der Waals surface area contributed by atoms with Crippen LogP contribution in [0.5, 0.6) is 0 Å². The number of nitrogens with one attached hydrogen (secondary N) is 2. The van der Waals surface area contributed by atoms with Gasteiger partial charge >= 0.3 is 0 Å².